The van der Waals surface area contributed by atoms with Crippen molar-refractivity contribution in [2.45, 2.75) is 24.9 Å². The number of aromatic hydroxyl groups is 1. The van der Waals surface area contributed by atoms with Gasteiger partial charge in [0.15, 0.2) is 0 Å². The van der Waals surface area contributed by atoms with Crippen molar-refractivity contribution >= 4 is 11.6 Å². The zero-order valence-corrected chi connectivity index (χ0v) is 17.3. The standard InChI is InChI=1S/C25H26ClNO2/c1-27(13-12-18-6-5-9-21(26)14-18)17-20-15-24(19-7-3-2-4-8-19)29-25-16-22(28)10-11-23(20)25/h2-11,14,16,20,24,28H,12-13,15,17H2,1H3. The van der Waals surface area contributed by atoms with Crippen molar-refractivity contribution < 1.29 is 9.84 Å². The molecule has 0 bridgehead atoms. The summed E-state index contributed by atoms with van der Waals surface area (Å²) in [5.74, 6) is 1.37. The number of phenols is 1. The van der Waals surface area contributed by atoms with Crippen LogP contribution in [0.15, 0.2) is 72.8 Å². The minimum atomic E-state index is -0.00294. The fourth-order valence-corrected chi connectivity index (χ4v) is 4.29. The maximum Gasteiger partial charge on any atom is 0.127 e. The van der Waals surface area contributed by atoms with Crippen molar-refractivity contribution in [3.05, 3.63) is 94.5 Å². The van der Waals surface area contributed by atoms with Crippen LogP contribution in [0, 0.1) is 0 Å². The number of hydrogen-bond acceptors (Lipinski definition) is 3. The van der Waals surface area contributed by atoms with E-state index in [1.54, 1.807) is 12.1 Å². The molecular weight excluding hydrogens is 382 g/mol. The van der Waals surface area contributed by atoms with Crippen LogP contribution < -0.4 is 4.74 Å². The van der Waals surface area contributed by atoms with Crippen LogP contribution in [0.2, 0.25) is 5.02 Å². The van der Waals surface area contributed by atoms with Crippen molar-refractivity contribution in [3.63, 3.8) is 0 Å². The molecule has 150 valence electrons. The van der Waals surface area contributed by atoms with Gasteiger partial charge in [0.05, 0.1) is 0 Å². The molecule has 3 nitrogen and oxygen atoms in total. The topological polar surface area (TPSA) is 32.7 Å². The van der Waals surface area contributed by atoms with Crippen LogP contribution in [-0.2, 0) is 6.42 Å². The predicted molar refractivity (Wildman–Crippen MR) is 118 cm³/mol. The Bertz CT molecular complexity index is 960. The lowest BCUT2D eigenvalue weighted by molar-refractivity contribution is 0.147. The van der Waals surface area contributed by atoms with E-state index in [0.29, 0.717) is 5.92 Å². The molecule has 1 aliphatic rings. The van der Waals surface area contributed by atoms with E-state index in [2.05, 4.69) is 30.1 Å². The smallest absolute Gasteiger partial charge is 0.127 e. The van der Waals surface area contributed by atoms with Crippen LogP contribution in [0.5, 0.6) is 11.5 Å². The highest BCUT2D eigenvalue weighted by Crippen LogP contribution is 2.43. The van der Waals surface area contributed by atoms with Gasteiger partial charge in [-0.1, -0.05) is 60.1 Å². The van der Waals surface area contributed by atoms with Gasteiger partial charge in [0.2, 0.25) is 0 Å². The van der Waals surface area contributed by atoms with Gasteiger partial charge in [0.1, 0.15) is 17.6 Å². The van der Waals surface area contributed by atoms with Crippen molar-refractivity contribution in [1.82, 2.24) is 4.90 Å². The molecule has 0 saturated carbocycles. The van der Waals surface area contributed by atoms with Gasteiger partial charge in [0, 0.05) is 30.1 Å². The van der Waals surface area contributed by atoms with E-state index in [9.17, 15) is 5.11 Å². The van der Waals surface area contributed by atoms with E-state index in [0.717, 1.165) is 36.7 Å². The molecule has 2 atom stereocenters. The number of ether oxygens (including phenoxy) is 1. The Balaban J connectivity index is 1.49. The molecule has 2 unspecified atom stereocenters. The summed E-state index contributed by atoms with van der Waals surface area (Å²) < 4.78 is 6.26. The quantitative estimate of drug-likeness (QED) is 0.558. The third-order valence-electron chi connectivity index (χ3n) is 5.58. The molecule has 3 aromatic rings. The third kappa shape index (κ3) is 4.92. The normalized spacial score (nSPS) is 18.3. The first-order valence-electron chi connectivity index (χ1n) is 10.1. The molecule has 0 aliphatic carbocycles. The van der Waals surface area contributed by atoms with Crippen LogP contribution in [0.25, 0.3) is 0 Å². The SMILES string of the molecule is CN(CCc1cccc(Cl)c1)CC1CC(c2ccccc2)Oc2cc(O)ccc21. The van der Waals surface area contributed by atoms with Gasteiger partial charge in [-0.15, -0.1) is 0 Å². The van der Waals surface area contributed by atoms with Crippen molar-refractivity contribution in [1.29, 1.82) is 0 Å². The van der Waals surface area contributed by atoms with Crippen molar-refractivity contribution in [2.75, 3.05) is 20.1 Å². The number of phenolic OH excluding ortho intramolecular Hbond substituents is 1. The highest BCUT2D eigenvalue weighted by atomic mass is 35.5. The zero-order valence-electron chi connectivity index (χ0n) is 16.6. The highest BCUT2D eigenvalue weighted by molar-refractivity contribution is 6.30. The number of fused-ring (bicyclic) bond motifs is 1. The van der Waals surface area contributed by atoms with Gasteiger partial charge in [0.25, 0.3) is 0 Å². The zero-order chi connectivity index (χ0) is 20.2. The highest BCUT2D eigenvalue weighted by Gasteiger charge is 2.30. The molecule has 0 aromatic heterocycles. The largest absolute Gasteiger partial charge is 0.508 e. The lowest BCUT2D eigenvalue weighted by atomic mass is 9.87. The summed E-state index contributed by atoms with van der Waals surface area (Å²) in [6.45, 7) is 1.89. The van der Waals surface area contributed by atoms with Gasteiger partial charge >= 0.3 is 0 Å². The van der Waals surface area contributed by atoms with Gasteiger partial charge < -0.3 is 14.7 Å². The van der Waals surface area contributed by atoms with Gasteiger partial charge in [-0.25, -0.2) is 0 Å². The van der Waals surface area contributed by atoms with Gasteiger partial charge in [-0.05, 0) is 54.8 Å². The molecule has 4 heteroatoms. The lowest BCUT2D eigenvalue weighted by Crippen LogP contribution is -2.30. The minimum Gasteiger partial charge on any atom is -0.508 e. The molecular formula is C25H26ClNO2. The number of halogens is 1. The molecule has 0 spiro atoms. The van der Waals surface area contributed by atoms with E-state index in [1.165, 1.54) is 16.7 Å². The average molecular weight is 408 g/mol. The number of rotatable bonds is 6. The third-order valence-corrected chi connectivity index (χ3v) is 5.81. The Morgan fingerprint density at radius 1 is 1.03 bits per heavy atom. The predicted octanol–water partition coefficient (Wildman–Crippen LogP) is 5.83. The van der Waals surface area contributed by atoms with Crippen LogP contribution in [-0.4, -0.2) is 30.1 Å². The van der Waals surface area contributed by atoms with E-state index in [-0.39, 0.29) is 11.9 Å². The second-order valence-electron chi connectivity index (χ2n) is 7.81. The van der Waals surface area contributed by atoms with Gasteiger partial charge in [-0.3, -0.25) is 0 Å². The Morgan fingerprint density at radius 2 is 1.86 bits per heavy atom. The van der Waals surface area contributed by atoms with E-state index < -0.39 is 0 Å². The fourth-order valence-electron chi connectivity index (χ4n) is 4.07. The first-order chi connectivity index (χ1) is 14.1. The first kappa shape index (κ1) is 19.8. The molecule has 0 fully saturated rings. The summed E-state index contributed by atoms with van der Waals surface area (Å²) in [7, 11) is 2.16. The fraction of sp³-hybridized carbons (Fsp3) is 0.280. The summed E-state index contributed by atoms with van der Waals surface area (Å²) >= 11 is 6.11. The summed E-state index contributed by atoms with van der Waals surface area (Å²) in [6, 6.07) is 23.9. The molecule has 0 saturated heterocycles. The molecule has 29 heavy (non-hydrogen) atoms. The second-order valence-corrected chi connectivity index (χ2v) is 8.25. The Labute approximate surface area is 177 Å². The Hall–Kier alpha value is -2.49. The van der Waals surface area contributed by atoms with Crippen molar-refractivity contribution in [3.8, 4) is 11.5 Å². The number of benzene rings is 3. The maximum absolute atomic E-state index is 9.94. The molecule has 0 radical (unpaired) electrons. The van der Waals surface area contributed by atoms with E-state index in [1.807, 2.05) is 42.5 Å². The first-order valence-corrected chi connectivity index (χ1v) is 10.4. The van der Waals surface area contributed by atoms with Crippen molar-refractivity contribution in [2.24, 2.45) is 0 Å². The monoisotopic (exact) mass is 407 g/mol. The summed E-state index contributed by atoms with van der Waals surface area (Å²) in [5, 5.41) is 10.7. The van der Waals surface area contributed by atoms with Crippen LogP contribution in [0.1, 0.15) is 35.1 Å². The minimum absolute atomic E-state index is 0.00294. The summed E-state index contributed by atoms with van der Waals surface area (Å²) in [5.41, 5.74) is 3.60. The van der Waals surface area contributed by atoms with Gasteiger partial charge in [-0.2, -0.15) is 0 Å². The molecule has 1 heterocycles. The average Bonchev–Trinajstić information content (AvgIpc) is 2.72. The van der Waals surface area contributed by atoms with Crippen LogP contribution in [0.3, 0.4) is 0 Å². The lowest BCUT2D eigenvalue weighted by Gasteiger charge is -2.34. The summed E-state index contributed by atoms with van der Waals surface area (Å²) in [6.07, 6.45) is 1.88. The number of nitrogens with zero attached hydrogens (tertiary/aromatic N) is 1. The number of hydrogen-bond donors (Lipinski definition) is 1. The Kier molecular flexibility index (Phi) is 6.08. The van der Waals surface area contributed by atoms with Crippen LogP contribution in [0.4, 0.5) is 0 Å². The van der Waals surface area contributed by atoms with E-state index >= 15 is 0 Å². The molecule has 4 rings (SSSR count). The molecule has 1 aliphatic heterocycles. The summed E-state index contributed by atoms with van der Waals surface area (Å²) in [4.78, 5) is 2.37. The Morgan fingerprint density at radius 3 is 2.66 bits per heavy atom. The molecule has 0 amide bonds. The molecule has 3 aromatic carbocycles. The van der Waals surface area contributed by atoms with E-state index in [4.69, 9.17) is 16.3 Å². The maximum atomic E-state index is 9.94. The second kappa shape index (κ2) is 8.89. The molecule has 1 N–H and O–H groups in total. The number of likely N-dealkylation sites (N-methyl/N-ethyl adjacent to an activating group) is 1. The van der Waals surface area contributed by atoms with Crippen LogP contribution >= 0.6 is 11.6 Å².